The number of nitrogens with zero attached hydrogens (tertiary/aromatic N) is 4. The van der Waals surface area contributed by atoms with E-state index < -0.39 is 44.8 Å². The van der Waals surface area contributed by atoms with Gasteiger partial charge in [0.25, 0.3) is 10.0 Å². The molecule has 242 valence electrons. The lowest BCUT2D eigenvalue weighted by Gasteiger charge is -2.35. The number of hydrogen-bond acceptors (Lipinski definition) is 9. The second kappa shape index (κ2) is 12.8. The quantitative estimate of drug-likeness (QED) is 0.275. The number of carbonyl (C=O) groups is 2. The Morgan fingerprint density at radius 1 is 1.04 bits per heavy atom. The molecule has 0 radical (unpaired) electrons. The molecular formula is C29H25F5N6O5S. The van der Waals surface area contributed by atoms with Crippen LogP contribution in [-0.4, -0.2) is 73.7 Å². The summed E-state index contributed by atoms with van der Waals surface area (Å²) in [6.07, 6.45) is -1.16. The lowest BCUT2D eigenvalue weighted by Crippen LogP contribution is -2.48. The number of fused-ring (bicyclic) bond motifs is 1. The SMILES string of the molecule is CC(=O)/C=C/C(=O)N1CCN(c2ncnc3ccc(C4=CNC(OC(F)(F)F)C(NS(=O)(=O)c5ccc(F)cc5F)=C4)cc23)CC1. The third-order valence-electron chi connectivity index (χ3n) is 6.97. The average molecular weight is 665 g/mol. The molecule has 3 heterocycles. The highest BCUT2D eigenvalue weighted by Crippen LogP contribution is 2.31. The van der Waals surface area contributed by atoms with Crippen molar-refractivity contribution in [3.8, 4) is 0 Å². The normalized spacial score (nSPS) is 17.5. The van der Waals surface area contributed by atoms with Gasteiger partial charge in [0.1, 0.15) is 28.7 Å². The van der Waals surface area contributed by atoms with Crippen LogP contribution in [0.4, 0.5) is 27.8 Å². The minimum atomic E-state index is -5.18. The molecule has 1 saturated heterocycles. The van der Waals surface area contributed by atoms with Crippen molar-refractivity contribution < 1.29 is 44.7 Å². The second-order valence-electron chi connectivity index (χ2n) is 10.2. The van der Waals surface area contributed by atoms with Crippen LogP contribution in [0.5, 0.6) is 0 Å². The van der Waals surface area contributed by atoms with E-state index in [2.05, 4.69) is 20.0 Å². The first-order valence-corrected chi connectivity index (χ1v) is 15.1. The van der Waals surface area contributed by atoms with E-state index >= 15 is 0 Å². The van der Waals surface area contributed by atoms with Crippen LogP contribution in [-0.2, 0) is 24.3 Å². The number of ether oxygens (including phenoxy) is 1. The largest absolute Gasteiger partial charge is 0.524 e. The molecular weight excluding hydrogens is 639 g/mol. The van der Waals surface area contributed by atoms with Crippen molar-refractivity contribution in [2.45, 2.75) is 24.4 Å². The van der Waals surface area contributed by atoms with Crippen LogP contribution in [0.25, 0.3) is 16.5 Å². The zero-order chi connectivity index (χ0) is 33.2. The predicted molar refractivity (Wildman–Crippen MR) is 155 cm³/mol. The number of sulfonamides is 1. The molecule has 0 bridgehead atoms. The zero-order valence-corrected chi connectivity index (χ0v) is 24.7. The third-order valence-corrected chi connectivity index (χ3v) is 8.38. The van der Waals surface area contributed by atoms with E-state index in [4.69, 9.17) is 0 Å². The maximum atomic E-state index is 14.3. The van der Waals surface area contributed by atoms with Gasteiger partial charge in [0.15, 0.2) is 12.0 Å². The zero-order valence-electron chi connectivity index (χ0n) is 23.9. The molecule has 0 spiro atoms. The number of nitrogens with one attached hydrogen (secondary N) is 2. The van der Waals surface area contributed by atoms with Gasteiger partial charge in [-0.25, -0.2) is 27.2 Å². The number of ketones is 1. The first kappa shape index (κ1) is 32.5. The van der Waals surface area contributed by atoms with Gasteiger partial charge in [-0.05, 0) is 54.5 Å². The first-order chi connectivity index (χ1) is 21.7. The maximum Gasteiger partial charge on any atom is 0.524 e. The minimum absolute atomic E-state index is 0.226. The van der Waals surface area contributed by atoms with Gasteiger partial charge >= 0.3 is 6.36 Å². The van der Waals surface area contributed by atoms with Gasteiger partial charge in [0.05, 0.1) is 11.2 Å². The van der Waals surface area contributed by atoms with Crippen molar-refractivity contribution in [3.05, 3.63) is 90.0 Å². The van der Waals surface area contributed by atoms with Crippen molar-refractivity contribution in [3.63, 3.8) is 0 Å². The summed E-state index contributed by atoms with van der Waals surface area (Å²) in [4.78, 5) is 34.8. The Kier molecular flexibility index (Phi) is 9.07. The van der Waals surface area contributed by atoms with E-state index in [9.17, 15) is 40.0 Å². The van der Waals surface area contributed by atoms with Crippen LogP contribution >= 0.6 is 0 Å². The summed E-state index contributed by atoms with van der Waals surface area (Å²) in [5, 5.41) is 2.94. The van der Waals surface area contributed by atoms with Gasteiger partial charge in [-0.2, -0.15) is 0 Å². The standard InChI is InChI=1S/C29H25F5N6O5S/c1-17(41)2-7-26(42)39-8-10-40(11-9-39)27-21-12-18(3-5-23(21)36-16-37-27)19-13-24(28(35-15-19)45-29(32,33)34)38-46(43,44)25-6-4-20(30)14-22(25)31/h2-7,12-16,28,35,38H,8-11H2,1H3/b7-2+. The molecule has 0 saturated carbocycles. The molecule has 2 aromatic carbocycles. The number of allylic oxidation sites excluding steroid dienone is 3. The van der Waals surface area contributed by atoms with Crippen molar-refractivity contribution in [2.24, 2.45) is 0 Å². The highest BCUT2D eigenvalue weighted by molar-refractivity contribution is 7.89. The number of halogens is 5. The number of piperazine rings is 1. The molecule has 1 aromatic heterocycles. The topological polar surface area (TPSA) is 134 Å². The van der Waals surface area contributed by atoms with Crippen molar-refractivity contribution in [2.75, 3.05) is 31.1 Å². The number of carbonyl (C=O) groups excluding carboxylic acids is 2. The fourth-order valence-corrected chi connectivity index (χ4v) is 5.98. The predicted octanol–water partition coefficient (Wildman–Crippen LogP) is 3.37. The van der Waals surface area contributed by atoms with Gasteiger partial charge in [-0.3, -0.25) is 19.0 Å². The lowest BCUT2D eigenvalue weighted by atomic mass is 10.0. The lowest BCUT2D eigenvalue weighted by molar-refractivity contribution is -0.340. The fraction of sp³-hybridized carbons (Fsp3) is 0.241. The Morgan fingerprint density at radius 2 is 1.78 bits per heavy atom. The van der Waals surface area contributed by atoms with Gasteiger partial charge in [0, 0.05) is 49.9 Å². The fourth-order valence-electron chi connectivity index (χ4n) is 4.83. The Hall–Kier alpha value is -4.90. The molecule has 17 heteroatoms. The van der Waals surface area contributed by atoms with Gasteiger partial charge in [-0.15, -0.1) is 13.2 Å². The molecule has 46 heavy (non-hydrogen) atoms. The van der Waals surface area contributed by atoms with Gasteiger partial charge < -0.3 is 15.1 Å². The average Bonchev–Trinajstić information content (AvgIpc) is 2.99. The van der Waals surface area contributed by atoms with Crippen LogP contribution in [0, 0.1) is 11.6 Å². The summed E-state index contributed by atoms with van der Waals surface area (Å²) in [7, 11) is -4.83. The molecule has 0 aliphatic carbocycles. The van der Waals surface area contributed by atoms with Crippen LogP contribution in [0.2, 0.25) is 0 Å². The number of anilines is 1. The van der Waals surface area contributed by atoms with E-state index in [0.29, 0.717) is 66.7 Å². The summed E-state index contributed by atoms with van der Waals surface area (Å²) in [5.41, 5.74) is 0.566. The number of hydrogen-bond donors (Lipinski definition) is 2. The number of aromatic nitrogens is 2. The summed E-state index contributed by atoms with van der Waals surface area (Å²) < 4.78 is 99.1. The Labute approximate surface area is 259 Å². The van der Waals surface area contributed by atoms with Crippen molar-refractivity contribution in [1.29, 1.82) is 0 Å². The summed E-state index contributed by atoms with van der Waals surface area (Å²) in [5.74, 6) is -2.51. The van der Waals surface area contributed by atoms with Gasteiger partial charge in [-0.1, -0.05) is 6.07 Å². The third kappa shape index (κ3) is 7.48. The highest BCUT2D eigenvalue weighted by atomic mass is 32.2. The summed E-state index contributed by atoms with van der Waals surface area (Å²) in [6, 6.07) is 6.58. The van der Waals surface area contributed by atoms with E-state index in [0.717, 1.165) is 6.08 Å². The van der Waals surface area contributed by atoms with E-state index in [1.54, 1.807) is 23.1 Å². The molecule has 2 aliphatic rings. The number of amides is 1. The van der Waals surface area contributed by atoms with Crippen LogP contribution in [0.1, 0.15) is 12.5 Å². The molecule has 1 amide bonds. The van der Waals surface area contributed by atoms with E-state index in [1.807, 2.05) is 9.62 Å². The smallest absolute Gasteiger partial charge is 0.360 e. The molecule has 3 aromatic rings. The van der Waals surface area contributed by atoms with Crippen LogP contribution < -0.4 is 14.9 Å². The molecule has 5 rings (SSSR count). The highest BCUT2D eigenvalue weighted by Gasteiger charge is 2.37. The molecule has 11 nitrogen and oxygen atoms in total. The maximum absolute atomic E-state index is 14.3. The minimum Gasteiger partial charge on any atom is -0.360 e. The Balaban J connectivity index is 1.44. The molecule has 1 atom stereocenters. The second-order valence-corrected chi connectivity index (χ2v) is 11.8. The number of dihydropyridines is 1. The molecule has 1 fully saturated rings. The number of alkyl halides is 3. The monoisotopic (exact) mass is 664 g/mol. The molecule has 2 aliphatic heterocycles. The van der Waals surface area contributed by atoms with Crippen molar-refractivity contribution in [1.82, 2.24) is 24.9 Å². The van der Waals surface area contributed by atoms with Gasteiger partial charge in [0.2, 0.25) is 5.91 Å². The Bertz CT molecular complexity index is 1890. The molecule has 2 N–H and O–H groups in total. The first-order valence-electron chi connectivity index (χ1n) is 13.6. The van der Waals surface area contributed by atoms with E-state index in [-0.39, 0.29) is 17.3 Å². The number of benzene rings is 2. The number of rotatable bonds is 8. The molecule has 1 unspecified atom stereocenters. The Morgan fingerprint density at radius 3 is 2.46 bits per heavy atom. The van der Waals surface area contributed by atoms with E-state index in [1.165, 1.54) is 31.6 Å². The summed E-state index contributed by atoms with van der Waals surface area (Å²) >= 11 is 0. The summed E-state index contributed by atoms with van der Waals surface area (Å²) in [6.45, 7) is 2.85. The van der Waals surface area contributed by atoms with Crippen molar-refractivity contribution >= 4 is 44.0 Å². The van der Waals surface area contributed by atoms with Crippen LogP contribution in [0.3, 0.4) is 0 Å². The van der Waals surface area contributed by atoms with Crippen LogP contribution in [0.15, 0.2) is 77.7 Å².